The Hall–Kier alpha value is -0.690. The molecule has 2 aliphatic rings. The second-order valence-electron chi connectivity index (χ2n) is 5.26. The first-order chi connectivity index (χ1) is 9.51. The summed E-state index contributed by atoms with van der Waals surface area (Å²) in [5.74, 6) is -0.783. The van der Waals surface area contributed by atoms with Crippen molar-refractivity contribution in [3.05, 3.63) is 29.0 Å². The van der Waals surface area contributed by atoms with Gasteiger partial charge in [-0.25, -0.2) is 12.8 Å². The topological polar surface area (TPSA) is 49.4 Å². The highest BCUT2D eigenvalue weighted by Crippen LogP contribution is 2.36. The maximum atomic E-state index is 14.0. The Bertz CT molecular complexity index is 589. The second-order valence-corrected chi connectivity index (χ2v) is 7.45. The summed E-state index contributed by atoms with van der Waals surface area (Å²) in [6.45, 7) is 1.40. The van der Waals surface area contributed by atoms with Crippen LogP contribution in [-0.4, -0.2) is 37.9 Å². The molecule has 0 saturated carbocycles. The van der Waals surface area contributed by atoms with Crippen LogP contribution in [0.1, 0.15) is 19.3 Å². The quantitative estimate of drug-likeness (QED) is 0.907. The summed E-state index contributed by atoms with van der Waals surface area (Å²) >= 11 is 5.93. The van der Waals surface area contributed by atoms with E-state index in [1.54, 1.807) is 0 Å². The molecular weight excluding hydrogens is 303 g/mol. The minimum absolute atomic E-state index is 0.0541. The van der Waals surface area contributed by atoms with Gasteiger partial charge in [-0.2, -0.15) is 4.31 Å². The van der Waals surface area contributed by atoms with Crippen LogP contribution in [0.25, 0.3) is 0 Å². The van der Waals surface area contributed by atoms with Crippen molar-refractivity contribution < 1.29 is 12.8 Å². The van der Waals surface area contributed by atoms with Crippen LogP contribution in [0.5, 0.6) is 0 Å². The third-order valence-electron chi connectivity index (χ3n) is 4.04. The van der Waals surface area contributed by atoms with E-state index in [1.165, 1.54) is 16.4 Å². The Kier molecular flexibility index (Phi) is 3.75. The van der Waals surface area contributed by atoms with Crippen molar-refractivity contribution in [2.75, 3.05) is 13.1 Å². The fourth-order valence-electron chi connectivity index (χ4n) is 3.17. The van der Waals surface area contributed by atoms with Gasteiger partial charge in [-0.05, 0) is 37.9 Å². The van der Waals surface area contributed by atoms with Gasteiger partial charge >= 0.3 is 0 Å². The molecule has 0 aliphatic carbocycles. The second kappa shape index (κ2) is 5.26. The summed E-state index contributed by atoms with van der Waals surface area (Å²) in [7, 11) is -3.90. The molecule has 1 N–H and O–H groups in total. The third-order valence-corrected chi connectivity index (χ3v) is 6.55. The molecule has 0 radical (unpaired) electrons. The smallest absolute Gasteiger partial charge is 0.248 e. The first kappa shape index (κ1) is 14.3. The van der Waals surface area contributed by atoms with Gasteiger partial charge in [0.25, 0.3) is 0 Å². The third kappa shape index (κ3) is 2.24. The van der Waals surface area contributed by atoms with Crippen LogP contribution >= 0.6 is 11.6 Å². The normalized spacial score (nSPS) is 27.5. The Morgan fingerprint density at radius 3 is 2.75 bits per heavy atom. The molecular formula is C13H16ClFN2O2S. The van der Waals surface area contributed by atoms with Crippen molar-refractivity contribution in [1.29, 1.82) is 0 Å². The van der Waals surface area contributed by atoms with Gasteiger partial charge in [0.1, 0.15) is 10.7 Å². The number of sulfonamides is 1. The highest BCUT2D eigenvalue weighted by molar-refractivity contribution is 7.89. The highest BCUT2D eigenvalue weighted by Gasteiger charge is 2.44. The monoisotopic (exact) mass is 318 g/mol. The maximum Gasteiger partial charge on any atom is 0.248 e. The number of hydrogen-bond acceptors (Lipinski definition) is 3. The van der Waals surface area contributed by atoms with Gasteiger partial charge in [0.2, 0.25) is 10.0 Å². The molecule has 0 amide bonds. The zero-order valence-corrected chi connectivity index (χ0v) is 12.4. The Labute approximate surface area is 123 Å². The van der Waals surface area contributed by atoms with E-state index in [-0.39, 0.29) is 22.0 Å². The molecule has 2 bridgehead atoms. The van der Waals surface area contributed by atoms with E-state index in [9.17, 15) is 12.8 Å². The average Bonchev–Trinajstić information content (AvgIpc) is 2.63. The molecule has 2 heterocycles. The largest absolute Gasteiger partial charge is 0.315 e. The fourth-order valence-corrected chi connectivity index (χ4v) is 5.64. The molecule has 2 fully saturated rings. The molecule has 0 spiro atoms. The van der Waals surface area contributed by atoms with Gasteiger partial charge in [-0.15, -0.1) is 0 Å². The number of halogens is 2. The number of rotatable bonds is 2. The van der Waals surface area contributed by atoms with E-state index < -0.39 is 15.8 Å². The van der Waals surface area contributed by atoms with Crippen LogP contribution in [0, 0.1) is 5.82 Å². The van der Waals surface area contributed by atoms with E-state index in [1.807, 2.05) is 0 Å². The molecule has 2 saturated heterocycles. The molecule has 2 unspecified atom stereocenters. The SMILES string of the molecule is O=S(=O)(c1c(F)cccc1Cl)N1C2CCNCC1CC2. The van der Waals surface area contributed by atoms with Crippen molar-refractivity contribution in [2.24, 2.45) is 0 Å². The molecule has 7 heteroatoms. The minimum Gasteiger partial charge on any atom is -0.315 e. The van der Waals surface area contributed by atoms with Crippen LogP contribution in [-0.2, 0) is 10.0 Å². The Balaban J connectivity index is 2.08. The van der Waals surface area contributed by atoms with Gasteiger partial charge < -0.3 is 5.32 Å². The summed E-state index contributed by atoms with van der Waals surface area (Å²) in [6, 6.07) is 3.79. The number of benzene rings is 1. The van der Waals surface area contributed by atoms with E-state index >= 15 is 0 Å². The predicted octanol–water partition coefficient (Wildman–Crippen LogP) is 1.99. The van der Waals surface area contributed by atoms with Crippen molar-refractivity contribution in [3.63, 3.8) is 0 Å². The lowest BCUT2D eigenvalue weighted by atomic mass is 10.1. The van der Waals surface area contributed by atoms with Crippen LogP contribution in [0.4, 0.5) is 4.39 Å². The number of nitrogens with zero attached hydrogens (tertiary/aromatic N) is 1. The molecule has 20 heavy (non-hydrogen) atoms. The molecule has 2 atom stereocenters. The molecule has 0 aromatic heterocycles. The number of nitrogens with one attached hydrogen (secondary N) is 1. The lowest BCUT2D eigenvalue weighted by Crippen LogP contribution is -2.42. The predicted molar refractivity (Wildman–Crippen MR) is 74.7 cm³/mol. The molecule has 2 aliphatic heterocycles. The van der Waals surface area contributed by atoms with E-state index in [2.05, 4.69) is 5.32 Å². The first-order valence-corrected chi connectivity index (χ1v) is 8.52. The molecule has 1 aromatic carbocycles. The lowest BCUT2D eigenvalue weighted by Gasteiger charge is -2.27. The first-order valence-electron chi connectivity index (χ1n) is 6.70. The molecule has 3 rings (SSSR count). The highest BCUT2D eigenvalue weighted by atomic mass is 35.5. The van der Waals surface area contributed by atoms with E-state index in [0.717, 1.165) is 31.9 Å². The summed E-state index contributed by atoms with van der Waals surface area (Å²) in [5.41, 5.74) is 0. The summed E-state index contributed by atoms with van der Waals surface area (Å²) in [6.07, 6.45) is 2.39. The number of fused-ring (bicyclic) bond motifs is 2. The van der Waals surface area contributed by atoms with E-state index in [0.29, 0.717) is 6.54 Å². The van der Waals surface area contributed by atoms with Gasteiger partial charge in [0.15, 0.2) is 0 Å². The average molecular weight is 319 g/mol. The van der Waals surface area contributed by atoms with E-state index in [4.69, 9.17) is 11.6 Å². The van der Waals surface area contributed by atoms with Crippen LogP contribution in [0.3, 0.4) is 0 Å². The zero-order valence-electron chi connectivity index (χ0n) is 10.9. The number of hydrogen-bond donors (Lipinski definition) is 1. The lowest BCUT2D eigenvalue weighted by molar-refractivity contribution is 0.333. The molecule has 1 aromatic rings. The van der Waals surface area contributed by atoms with Crippen molar-refractivity contribution in [2.45, 2.75) is 36.2 Å². The zero-order chi connectivity index (χ0) is 14.3. The summed E-state index contributed by atoms with van der Waals surface area (Å²) in [5, 5.41) is 3.17. The van der Waals surface area contributed by atoms with Gasteiger partial charge in [0.05, 0.1) is 5.02 Å². The van der Waals surface area contributed by atoms with Crippen molar-refractivity contribution >= 4 is 21.6 Å². The van der Waals surface area contributed by atoms with Crippen molar-refractivity contribution in [1.82, 2.24) is 9.62 Å². The molecule has 110 valence electrons. The van der Waals surface area contributed by atoms with Gasteiger partial charge in [-0.3, -0.25) is 0 Å². The van der Waals surface area contributed by atoms with Crippen LogP contribution in [0.15, 0.2) is 23.1 Å². The van der Waals surface area contributed by atoms with Gasteiger partial charge in [-0.1, -0.05) is 17.7 Å². The van der Waals surface area contributed by atoms with Crippen LogP contribution < -0.4 is 5.32 Å². The minimum atomic E-state index is -3.90. The molecule has 4 nitrogen and oxygen atoms in total. The summed E-state index contributed by atoms with van der Waals surface area (Å²) in [4.78, 5) is -0.388. The fraction of sp³-hybridized carbons (Fsp3) is 0.538. The van der Waals surface area contributed by atoms with Crippen molar-refractivity contribution in [3.8, 4) is 0 Å². The van der Waals surface area contributed by atoms with Crippen LogP contribution in [0.2, 0.25) is 5.02 Å². The standard InChI is InChI=1S/C13H16ClFN2O2S/c14-11-2-1-3-12(15)13(11)20(18,19)17-9-4-5-10(17)8-16-7-6-9/h1-3,9-10,16H,4-8H2. The Morgan fingerprint density at radius 2 is 2.00 bits per heavy atom. The Morgan fingerprint density at radius 1 is 1.25 bits per heavy atom. The maximum absolute atomic E-state index is 14.0. The summed E-state index contributed by atoms with van der Waals surface area (Å²) < 4.78 is 41.1. The van der Waals surface area contributed by atoms with Gasteiger partial charge in [0, 0.05) is 18.6 Å².